The van der Waals surface area contributed by atoms with Gasteiger partial charge in [0.1, 0.15) is 5.69 Å². The second kappa shape index (κ2) is 14.8. The van der Waals surface area contributed by atoms with Crippen LogP contribution in [0.1, 0.15) is 58.1 Å². The Morgan fingerprint density at radius 3 is 2.69 bits per heavy atom. The molecule has 2 fully saturated rings. The van der Waals surface area contributed by atoms with Crippen molar-refractivity contribution in [2.24, 2.45) is 10.4 Å². The number of ether oxygens (including phenoxy) is 2. The summed E-state index contributed by atoms with van der Waals surface area (Å²) < 4.78 is 10.8. The molecule has 10 heteroatoms. The summed E-state index contributed by atoms with van der Waals surface area (Å²) in [6.07, 6.45) is 11.8. The summed E-state index contributed by atoms with van der Waals surface area (Å²) in [6, 6.07) is 1.23. The first-order valence-corrected chi connectivity index (χ1v) is 13.5. The number of aromatic nitrogens is 2. The molecule has 0 aromatic carbocycles. The number of allylic oxidation sites excluding steroid dienone is 1. The first kappa shape index (κ1) is 28.8. The molecule has 202 valence electrons. The SMILES string of the molecule is CN=CC=C(NCNCC1(C)CCOCC1)c1nc(NC2CCC(N[C@H](C)COC)CC2)ncc1Cl. The Hall–Kier alpha value is -1.78. The number of anilines is 1. The van der Waals surface area contributed by atoms with Crippen LogP contribution in [0.5, 0.6) is 0 Å². The van der Waals surface area contributed by atoms with Crippen molar-refractivity contribution in [2.75, 3.05) is 52.5 Å². The normalized spacial score (nSPS) is 23.5. The Labute approximate surface area is 221 Å². The van der Waals surface area contributed by atoms with E-state index in [1.165, 1.54) is 0 Å². The van der Waals surface area contributed by atoms with Crippen molar-refractivity contribution in [3.63, 3.8) is 0 Å². The standard InChI is InChI=1S/C26H44ClN7O2/c1-19(16-35-4)32-20-5-7-21(8-6-20)33-25-30-15-22(27)24(34-25)23(9-12-28-3)31-18-29-17-26(2)10-13-36-14-11-26/h9,12,15,19-21,29,31-32H,5-8,10-11,13-14,16-18H2,1-4H3,(H,30,33,34)/t19-,20?,21?/m1/s1. The van der Waals surface area contributed by atoms with Crippen molar-refractivity contribution in [2.45, 2.75) is 70.5 Å². The molecule has 1 aromatic rings. The van der Waals surface area contributed by atoms with Gasteiger partial charge in [-0.25, -0.2) is 9.97 Å². The molecule has 0 radical (unpaired) electrons. The summed E-state index contributed by atoms with van der Waals surface area (Å²) in [6.45, 7) is 8.40. The van der Waals surface area contributed by atoms with Gasteiger partial charge in [0.15, 0.2) is 0 Å². The molecule has 1 aliphatic heterocycles. The van der Waals surface area contributed by atoms with Crippen LogP contribution in [0, 0.1) is 5.41 Å². The maximum atomic E-state index is 6.53. The second-order valence-corrected chi connectivity index (χ2v) is 10.7. The fraction of sp³-hybridized carbons (Fsp3) is 0.731. The highest BCUT2D eigenvalue weighted by Gasteiger charge is 2.27. The fourth-order valence-electron chi connectivity index (χ4n) is 4.85. The molecule has 0 amide bonds. The minimum atomic E-state index is 0.259. The third kappa shape index (κ3) is 9.27. The second-order valence-electron chi connectivity index (χ2n) is 10.3. The van der Waals surface area contributed by atoms with Crippen LogP contribution in [0.3, 0.4) is 0 Å². The number of methoxy groups -OCH3 is 1. The summed E-state index contributed by atoms with van der Waals surface area (Å²) in [4.78, 5) is 13.3. The Morgan fingerprint density at radius 1 is 1.28 bits per heavy atom. The highest BCUT2D eigenvalue weighted by molar-refractivity contribution is 6.32. The zero-order chi connectivity index (χ0) is 25.8. The zero-order valence-corrected chi connectivity index (χ0v) is 23.0. The van der Waals surface area contributed by atoms with Crippen molar-refractivity contribution >= 4 is 29.5 Å². The van der Waals surface area contributed by atoms with Crippen LogP contribution in [-0.2, 0) is 9.47 Å². The number of nitrogens with zero attached hydrogens (tertiary/aromatic N) is 3. The monoisotopic (exact) mass is 521 g/mol. The van der Waals surface area contributed by atoms with E-state index in [-0.39, 0.29) is 5.41 Å². The molecule has 2 heterocycles. The van der Waals surface area contributed by atoms with E-state index >= 15 is 0 Å². The maximum Gasteiger partial charge on any atom is 0.223 e. The van der Waals surface area contributed by atoms with Crippen molar-refractivity contribution in [3.8, 4) is 0 Å². The topological polar surface area (TPSA) is 105 Å². The van der Waals surface area contributed by atoms with Crippen LogP contribution >= 0.6 is 11.6 Å². The Bertz CT molecular complexity index is 853. The van der Waals surface area contributed by atoms with Crippen LogP contribution < -0.4 is 21.3 Å². The van der Waals surface area contributed by atoms with Gasteiger partial charge >= 0.3 is 0 Å². The first-order chi connectivity index (χ1) is 17.4. The third-order valence-corrected chi connectivity index (χ3v) is 7.32. The lowest BCUT2D eigenvalue weighted by molar-refractivity contribution is 0.0241. The molecule has 0 unspecified atom stereocenters. The minimum Gasteiger partial charge on any atom is -0.383 e. The van der Waals surface area contributed by atoms with E-state index in [4.69, 9.17) is 26.1 Å². The van der Waals surface area contributed by atoms with Gasteiger partial charge in [-0.1, -0.05) is 18.5 Å². The van der Waals surface area contributed by atoms with Gasteiger partial charge in [-0.15, -0.1) is 0 Å². The minimum absolute atomic E-state index is 0.259. The van der Waals surface area contributed by atoms with Crippen LogP contribution in [0.15, 0.2) is 17.3 Å². The molecular weight excluding hydrogens is 478 g/mol. The van der Waals surface area contributed by atoms with Crippen molar-refractivity contribution < 1.29 is 9.47 Å². The largest absolute Gasteiger partial charge is 0.383 e. The zero-order valence-electron chi connectivity index (χ0n) is 22.3. The molecule has 0 spiro atoms. The van der Waals surface area contributed by atoms with Gasteiger partial charge in [-0.05, 0) is 56.9 Å². The number of halogens is 1. The number of rotatable bonds is 13. The smallest absolute Gasteiger partial charge is 0.223 e. The van der Waals surface area contributed by atoms with E-state index in [1.54, 1.807) is 26.6 Å². The van der Waals surface area contributed by atoms with Crippen LogP contribution in [-0.4, -0.2) is 81.5 Å². The molecule has 1 saturated carbocycles. The van der Waals surface area contributed by atoms with E-state index < -0.39 is 0 Å². The van der Waals surface area contributed by atoms with Crippen molar-refractivity contribution in [3.05, 3.63) is 23.0 Å². The van der Waals surface area contributed by atoms with Gasteiger partial charge in [0.05, 0.1) is 30.2 Å². The van der Waals surface area contributed by atoms with Crippen LogP contribution in [0.2, 0.25) is 5.02 Å². The Balaban J connectivity index is 1.56. The molecule has 36 heavy (non-hydrogen) atoms. The van der Waals surface area contributed by atoms with Gasteiger partial charge in [0.2, 0.25) is 5.95 Å². The van der Waals surface area contributed by atoms with E-state index in [0.717, 1.165) is 70.6 Å². The van der Waals surface area contributed by atoms with Crippen LogP contribution in [0.4, 0.5) is 5.95 Å². The maximum absolute atomic E-state index is 6.53. The molecule has 1 atom stereocenters. The summed E-state index contributed by atoms with van der Waals surface area (Å²) >= 11 is 6.53. The lowest BCUT2D eigenvalue weighted by atomic mass is 9.82. The number of hydrogen-bond acceptors (Lipinski definition) is 9. The predicted molar refractivity (Wildman–Crippen MR) is 148 cm³/mol. The van der Waals surface area contributed by atoms with E-state index in [0.29, 0.717) is 41.5 Å². The van der Waals surface area contributed by atoms with E-state index in [2.05, 4.69) is 45.1 Å². The quantitative estimate of drug-likeness (QED) is 0.178. The molecule has 3 rings (SSSR count). The highest BCUT2D eigenvalue weighted by atomic mass is 35.5. The molecular formula is C26H44ClN7O2. The summed E-state index contributed by atoms with van der Waals surface area (Å²) in [5, 5.41) is 14.7. The number of hydrogen-bond donors (Lipinski definition) is 4. The summed E-state index contributed by atoms with van der Waals surface area (Å²) in [7, 11) is 3.49. The Morgan fingerprint density at radius 2 is 2.00 bits per heavy atom. The molecule has 1 aromatic heterocycles. The van der Waals surface area contributed by atoms with Gasteiger partial charge in [0.25, 0.3) is 0 Å². The molecule has 1 saturated heterocycles. The number of nitrogens with one attached hydrogen (secondary N) is 4. The lowest BCUT2D eigenvalue weighted by Crippen LogP contribution is -2.43. The lowest BCUT2D eigenvalue weighted by Gasteiger charge is -2.33. The number of aliphatic imine (C=N–C) groups is 1. The third-order valence-electron chi connectivity index (χ3n) is 7.04. The molecule has 4 N–H and O–H groups in total. The average molecular weight is 522 g/mol. The van der Waals surface area contributed by atoms with Gasteiger partial charge in [0, 0.05) is 58.3 Å². The summed E-state index contributed by atoms with van der Waals surface area (Å²) in [5.41, 5.74) is 1.73. The molecule has 2 aliphatic rings. The Kier molecular flexibility index (Phi) is 11.9. The molecule has 0 bridgehead atoms. The fourth-order valence-corrected chi connectivity index (χ4v) is 5.04. The van der Waals surface area contributed by atoms with Gasteiger partial charge in [-0.2, -0.15) is 0 Å². The summed E-state index contributed by atoms with van der Waals surface area (Å²) in [5.74, 6) is 0.599. The van der Waals surface area contributed by atoms with Crippen LogP contribution in [0.25, 0.3) is 5.70 Å². The van der Waals surface area contributed by atoms with Gasteiger partial charge < -0.3 is 25.4 Å². The van der Waals surface area contributed by atoms with Crippen molar-refractivity contribution in [1.29, 1.82) is 0 Å². The first-order valence-electron chi connectivity index (χ1n) is 13.1. The molecule has 9 nitrogen and oxygen atoms in total. The van der Waals surface area contributed by atoms with Gasteiger partial charge in [-0.3, -0.25) is 10.3 Å². The predicted octanol–water partition coefficient (Wildman–Crippen LogP) is 3.47. The average Bonchev–Trinajstić information content (AvgIpc) is 2.87. The van der Waals surface area contributed by atoms with Crippen molar-refractivity contribution in [1.82, 2.24) is 25.9 Å². The highest BCUT2D eigenvalue weighted by Crippen LogP contribution is 2.28. The van der Waals surface area contributed by atoms with E-state index in [1.807, 2.05) is 6.08 Å². The van der Waals surface area contributed by atoms with E-state index in [9.17, 15) is 0 Å². The molecule has 1 aliphatic carbocycles.